The Kier molecular flexibility index (Phi) is 9.73. The molecule has 190 valence electrons. The maximum atomic E-state index is 12.5. The van der Waals surface area contributed by atoms with Crippen molar-refractivity contribution in [2.45, 2.75) is 53.8 Å². The fraction of sp³-hybridized carbons (Fsp3) is 0.333. The Morgan fingerprint density at radius 2 is 1.25 bits per heavy atom. The molecule has 36 heavy (non-hydrogen) atoms. The van der Waals surface area contributed by atoms with Crippen LogP contribution in [-0.4, -0.2) is 49.2 Å². The summed E-state index contributed by atoms with van der Waals surface area (Å²) in [7, 11) is 1.15. The highest BCUT2D eigenvalue weighted by Gasteiger charge is 2.29. The molecule has 3 rings (SSSR count). The highest BCUT2D eigenvalue weighted by molar-refractivity contribution is 7.97. The van der Waals surface area contributed by atoms with Gasteiger partial charge < -0.3 is 9.47 Å². The first-order valence-electron chi connectivity index (χ1n) is 12.1. The van der Waals surface area contributed by atoms with Gasteiger partial charge in [-0.3, -0.25) is 14.5 Å². The van der Waals surface area contributed by atoms with E-state index < -0.39 is 0 Å². The number of rotatable bonds is 10. The van der Waals surface area contributed by atoms with E-state index in [2.05, 4.69) is 72.8 Å². The molecule has 0 heterocycles. The average Bonchev–Trinajstić information content (AvgIpc) is 2.88. The monoisotopic (exact) mass is 506 g/mol. The van der Waals surface area contributed by atoms with Gasteiger partial charge in [0.05, 0.1) is 37.7 Å². The predicted octanol–water partition coefficient (Wildman–Crippen LogP) is 5.70. The fourth-order valence-corrected chi connectivity index (χ4v) is 5.80. The molecule has 3 aromatic rings. The number of methoxy groups -OCH3 is 1. The van der Waals surface area contributed by atoms with Crippen LogP contribution in [0.2, 0.25) is 0 Å². The molecule has 0 N–H and O–H groups in total. The van der Waals surface area contributed by atoms with Gasteiger partial charge in [-0.15, -0.1) is 0 Å². The van der Waals surface area contributed by atoms with Crippen LogP contribution in [0.15, 0.2) is 99.6 Å². The third kappa shape index (κ3) is 7.70. The number of hydrogen-bond acceptors (Lipinski definition) is 5. The minimum Gasteiger partial charge on any atom is -0.468 e. The van der Waals surface area contributed by atoms with E-state index in [1.54, 1.807) is 4.90 Å². The lowest BCUT2D eigenvalue weighted by atomic mass is 10.0. The van der Waals surface area contributed by atoms with E-state index in [1.807, 2.05) is 39.8 Å². The first kappa shape index (κ1) is 27.5. The molecule has 0 bridgehead atoms. The van der Waals surface area contributed by atoms with Gasteiger partial charge in [0.25, 0.3) is 0 Å². The Labute approximate surface area is 217 Å². The van der Waals surface area contributed by atoms with E-state index in [1.165, 1.54) is 21.8 Å². The molecule has 0 aliphatic heterocycles. The van der Waals surface area contributed by atoms with Gasteiger partial charge in [0.1, 0.15) is 0 Å². The second-order valence-electron chi connectivity index (χ2n) is 9.69. The molecule has 0 aromatic heterocycles. The number of hydrogen-bond donors (Lipinski definition) is 0. The SMILES string of the molecule is COC(=O)CN(CC(=O)OCC(C)c1ccc([S+](c2ccccc2)c2ccccc2)cc1)C(C)(C)C. The molecule has 1 atom stereocenters. The summed E-state index contributed by atoms with van der Waals surface area (Å²) in [5, 5.41) is 0. The number of carbonyl (C=O) groups excluding carboxylic acids is 2. The van der Waals surface area contributed by atoms with E-state index in [0.29, 0.717) is 0 Å². The van der Waals surface area contributed by atoms with Crippen LogP contribution in [0.4, 0.5) is 0 Å². The molecular formula is C30H36NO4S+. The molecule has 0 radical (unpaired) electrons. The summed E-state index contributed by atoms with van der Waals surface area (Å²) >= 11 is 0. The molecule has 0 aliphatic carbocycles. The highest BCUT2D eigenvalue weighted by Crippen LogP contribution is 2.31. The zero-order valence-corrected chi connectivity index (χ0v) is 22.6. The van der Waals surface area contributed by atoms with Crippen molar-refractivity contribution in [1.82, 2.24) is 4.90 Å². The van der Waals surface area contributed by atoms with Crippen LogP contribution in [0, 0.1) is 0 Å². The van der Waals surface area contributed by atoms with Crippen LogP contribution < -0.4 is 0 Å². The molecule has 0 saturated carbocycles. The second-order valence-corrected chi connectivity index (χ2v) is 11.7. The van der Waals surface area contributed by atoms with E-state index in [9.17, 15) is 9.59 Å². The van der Waals surface area contributed by atoms with Gasteiger partial charge in [0.15, 0.2) is 14.7 Å². The van der Waals surface area contributed by atoms with Crippen molar-refractivity contribution in [1.29, 1.82) is 0 Å². The van der Waals surface area contributed by atoms with Gasteiger partial charge in [0.2, 0.25) is 0 Å². The first-order valence-corrected chi connectivity index (χ1v) is 13.3. The zero-order valence-electron chi connectivity index (χ0n) is 21.8. The molecule has 1 unspecified atom stereocenters. The van der Waals surface area contributed by atoms with Crippen molar-refractivity contribution >= 4 is 22.8 Å². The van der Waals surface area contributed by atoms with Gasteiger partial charge in [-0.1, -0.05) is 55.5 Å². The molecule has 0 saturated heterocycles. The maximum Gasteiger partial charge on any atom is 0.320 e. The number of esters is 2. The van der Waals surface area contributed by atoms with Gasteiger partial charge in [-0.2, -0.15) is 0 Å². The van der Waals surface area contributed by atoms with Crippen LogP contribution in [0.5, 0.6) is 0 Å². The number of carbonyl (C=O) groups is 2. The summed E-state index contributed by atoms with van der Waals surface area (Å²) in [5.74, 6) is -0.690. The van der Waals surface area contributed by atoms with Crippen LogP contribution in [-0.2, 0) is 30.0 Å². The summed E-state index contributed by atoms with van der Waals surface area (Å²) in [6.07, 6.45) is 0. The number of nitrogens with zero attached hydrogens (tertiary/aromatic N) is 1. The topological polar surface area (TPSA) is 55.8 Å². The molecular weight excluding hydrogens is 470 g/mol. The Bertz CT molecular complexity index is 1070. The van der Waals surface area contributed by atoms with E-state index >= 15 is 0 Å². The van der Waals surface area contributed by atoms with Crippen molar-refractivity contribution in [2.24, 2.45) is 0 Å². The van der Waals surface area contributed by atoms with Gasteiger partial charge in [-0.05, 0) is 62.7 Å². The molecule has 0 amide bonds. The summed E-state index contributed by atoms with van der Waals surface area (Å²) in [5.41, 5.74) is 0.738. The third-order valence-electron chi connectivity index (χ3n) is 5.95. The summed E-state index contributed by atoms with van der Waals surface area (Å²) in [6.45, 7) is 8.24. The zero-order chi connectivity index (χ0) is 26.1. The third-order valence-corrected chi connectivity index (χ3v) is 8.18. The Morgan fingerprint density at radius 3 is 1.72 bits per heavy atom. The van der Waals surface area contributed by atoms with Crippen LogP contribution in [0.25, 0.3) is 0 Å². The first-order chi connectivity index (χ1) is 17.2. The lowest BCUT2D eigenvalue weighted by Crippen LogP contribution is -2.47. The standard InChI is InChI=1S/C30H36NO4S/c1-23(22-35-29(33)21-31(30(2,3)4)20-28(32)34-5)24-16-18-27(19-17-24)36(25-12-8-6-9-13-25)26-14-10-7-11-15-26/h6-19,23H,20-22H2,1-5H3/q+1. The van der Waals surface area contributed by atoms with Gasteiger partial charge in [0, 0.05) is 11.5 Å². The average molecular weight is 507 g/mol. The van der Waals surface area contributed by atoms with Crippen molar-refractivity contribution in [2.75, 3.05) is 26.8 Å². The number of benzene rings is 3. The van der Waals surface area contributed by atoms with E-state index in [-0.39, 0.29) is 54.0 Å². The summed E-state index contributed by atoms with van der Waals surface area (Å²) in [6, 6.07) is 29.7. The minimum atomic E-state index is -0.379. The van der Waals surface area contributed by atoms with Crippen LogP contribution >= 0.6 is 0 Å². The normalized spacial score (nSPS) is 12.4. The van der Waals surface area contributed by atoms with E-state index in [0.717, 1.165) is 5.56 Å². The smallest absolute Gasteiger partial charge is 0.320 e. The molecule has 5 nitrogen and oxygen atoms in total. The minimum absolute atomic E-state index is 0.0290. The maximum absolute atomic E-state index is 12.5. The van der Waals surface area contributed by atoms with Crippen LogP contribution in [0.1, 0.15) is 39.2 Å². The summed E-state index contributed by atoms with van der Waals surface area (Å²) in [4.78, 5) is 29.8. The largest absolute Gasteiger partial charge is 0.468 e. The molecule has 0 spiro atoms. The Morgan fingerprint density at radius 1 is 0.778 bits per heavy atom. The molecule has 3 aromatic carbocycles. The molecule has 0 fully saturated rings. The van der Waals surface area contributed by atoms with Crippen LogP contribution in [0.3, 0.4) is 0 Å². The molecule has 0 aliphatic rings. The predicted molar refractivity (Wildman–Crippen MR) is 144 cm³/mol. The second kappa shape index (κ2) is 12.7. The van der Waals surface area contributed by atoms with Crippen molar-refractivity contribution in [3.63, 3.8) is 0 Å². The van der Waals surface area contributed by atoms with Gasteiger partial charge >= 0.3 is 11.9 Å². The van der Waals surface area contributed by atoms with E-state index in [4.69, 9.17) is 9.47 Å². The summed E-state index contributed by atoms with van der Waals surface area (Å²) < 4.78 is 10.3. The van der Waals surface area contributed by atoms with Crippen molar-refractivity contribution < 1.29 is 19.1 Å². The molecule has 6 heteroatoms. The van der Waals surface area contributed by atoms with Crippen molar-refractivity contribution in [3.8, 4) is 0 Å². The Hall–Kier alpha value is -3.09. The number of ether oxygens (including phenoxy) is 2. The lowest BCUT2D eigenvalue weighted by Gasteiger charge is -2.33. The van der Waals surface area contributed by atoms with Crippen molar-refractivity contribution in [3.05, 3.63) is 90.5 Å². The van der Waals surface area contributed by atoms with Gasteiger partial charge in [-0.25, -0.2) is 0 Å². The Balaban J connectivity index is 1.66. The highest BCUT2D eigenvalue weighted by atomic mass is 32.2. The lowest BCUT2D eigenvalue weighted by molar-refractivity contribution is -0.150. The fourth-order valence-electron chi connectivity index (χ4n) is 3.72. The quantitative estimate of drug-likeness (QED) is 0.261.